The van der Waals surface area contributed by atoms with Crippen LogP contribution in [0.3, 0.4) is 0 Å². The molecular weight excluding hydrogens is 444 g/mol. The minimum Gasteiger partial charge on any atom is -0.340 e. The molecule has 33 heavy (non-hydrogen) atoms. The van der Waals surface area contributed by atoms with Crippen LogP contribution in [-0.2, 0) is 23.3 Å². The second-order valence-electron chi connectivity index (χ2n) is 8.75. The van der Waals surface area contributed by atoms with Crippen LogP contribution in [0.25, 0.3) is 0 Å². The third kappa shape index (κ3) is 3.72. The lowest BCUT2D eigenvalue weighted by molar-refractivity contribution is -0.118. The van der Waals surface area contributed by atoms with Crippen LogP contribution >= 0.6 is 11.6 Å². The van der Waals surface area contributed by atoms with Crippen molar-refractivity contribution in [2.75, 3.05) is 5.32 Å². The molecular formula is C23H23ClN6O3. The van der Waals surface area contributed by atoms with Crippen molar-refractivity contribution in [1.29, 1.82) is 0 Å². The number of hydrogen-bond donors (Lipinski definition) is 3. The van der Waals surface area contributed by atoms with Crippen LogP contribution in [0.4, 0.5) is 5.69 Å². The van der Waals surface area contributed by atoms with Gasteiger partial charge in [-0.3, -0.25) is 19.5 Å². The fourth-order valence-corrected chi connectivity index (χ4v) is 4.99. The van der Waals surface area contributed by atoms with Crippen molar-refractivity contribution >= 4 is 34.9 Å². The number of aromatic nitrogens is 4. The Balaban J connectivity index is 1.43. The van der Waals surface area contributed by atoms with E-state index >= 15 is 0 Å². The number of H-pyrrole nitrogens is 1. The van der Waals surface area contributed by atoms with Gasteiger partial charge in [0.2, 0.25) is 0 Å². The van der Waals surface area contributed by atoms with Gasteiger partial charge in [-0.25, -0.2) is 0 Å². The molecule has 1 aliphatic carbocycles. The number of aryl methyl sites for hydroxylation is 1. The van der Waals surface area contributed by atoms with Crippen molar-refractivity contribution in [3.05, 3.63) is 63.2 Å². The molecule has 10 heteroatoms. The van der Waals surface area contributed by atoms with Crippen molar-refractivity contribution in [2.24, 2.45) is 0 Å². The summed E-state index contributed by atoms with van der Waals surface area (Å²) in [6.45, 7) is 4.22. The van der Waals surface area contributed by atoms with Crippen LogP contribution in [0, 0.1) is 13.8 Å². The number of halogens is 1. The van der Waals surface area contributed by atoms with E-state index in [1.165, 1.54) is 0 Å². The summed E-state index contributed by atoms with van der Waals surface area (Å²) in [4.78, 5) is 39.4. The highest BCUT2D eigenvalue weighted by Gasteiger charge is 2.49. The van der Waals surface area contributed by atoms with Crippen LogP contribution in [0.1, 0.15) is 62.6 Å². The Morgan fingerprint density at radius 2 is 1.97 bits per heavy atom. The molecule has 1 aromatic carbocycles. The number of hydrogen-bond acceptors (Lipinski definition) is 5. The molecule has 1 fully saturated rings. The summed E-state index contributed by atoms with van der Waals surface area (Å²) in [5.74, 6) is -1.67. The van der Waals surface area contributed by atoms with Gasteiger partial charge >= 0.3 is 0 Å². The molecule has 0 bridgehead atoms. The number of Topliss-reactive ketones (excluding diaryl/α,β-unsaturated/α-hetero) is 1. The minimum absolute atomic E-state index is 0.313. The number of benzene rings is 1. The summed E-state index contributed by atoms with van der Waals surface area (Å²) in [6, 6.07) is 5.30. The zero-order chi connectivity index (χ0) is 23.3. The third-order valence-corrected chi connectivity index (χ3v) is 6.59. The second kappa shape index (κ2) is 7.84. The Hall–Kier alpha value is -3.46. The van der Waals surface area contributed by atoms with Crippen LogP contribution < -0.4 is 10.6 Å². The van der Waals surface area contributed by atoms with E-state index in [-0.39, 0.29) is 5.91 Å². The zero-order valence-corrected chi connectivity index (χ0v) is 19.0. The van der Waals surface area contributed by atoms with Crippen molar-refractivity contribution in [2.45, 2.75) is 51.6 Å². The van der Waals surface area contributed by atoms with Gasteiger partial charge in [-0.2, -0.15) is 0 Å². The maximum absolute atomic E-state index is 13.3. The Morgan fingerprint density at radius 3 is 2.64 bits per heavy atom. The highest BCUT2D eigenvalue weighted by atomic mass is 35.5. The molecule has 0 radical (unpaired) electrons. The van der Waals surface area contributed by atoms with E-state index in [4.69, 9.17) is 11.6 Å². The van der Waals surface area contributed by atoms with Gasteiger partial charge in [0.15, 0.2) is 0 Å². The van der Waals surface area contributed by atoms with Gasteiger partial charge in [0, 0.05) is 29.1 Å². The number of aromatic amines is 1. The SMILES string of the molecule is Cc1cc(Cl)cc(NC(=O)c2c(C)c(C(=O)C(=O)NC3(c4c[nH]nn4)CC3)c3n2CCC3)c1. The Labute approximate surface area is 194 Å². The lowest BCUT2D eigenvalue weighted by atomic mass is 10.0. The van der Waals surface area contributed by atoms with Gasteiger partial charge in [-0.15, -0.1) is 5.10 Å². The van der Waals surface area contributed by atoms with E-state index in [0.717, 1.165) is 17.7 Å². The number of rotatable bonds is 6. The van der Waals surface area contributed by atoms with Gasteiger partial charge in [0.25, 0.3) is 17.6 Å². The fraction of sp³-hybridized carbons (Fsp3) is 0.348. The number of amides is 2. The van der Waals surface area contributed by atoms with Gasteiger partial charge in [0.05, 0.1) is 11.1 Å². The van der Waals surface area contributed by atoms with E-state index in [9.17, 15) is 14.4 Å². The fourth-order valence-electron chi connectivity index (χ4n) is 4.70. The smallest absolute Gasteiger partial charge is 0.293 e. The molecule has 0 saturated heterocycles. The average molecular weight is 467 g/mol. The van der Waals surface area contributed by atoms with E-state index < -0.39 is 17.2 Å². The quantitative estimate of drug-likeness (QED) is 0.380. The Morgan fingerprint density at radius 1 is 1.18 bits per heavy atom. The van der Waals surface area contributed by atoms with Crippen LogP contribution in [-0.4, -0.2) is 37.6 Å². The maximum Gasteiger partial charge on any atom is 0.293 e. The number of carbonyl (C=O) groups excluding carboxylic acids is 3. The van der Waals surface area contributed by atoms with Gasteiger partial charge in [0.1, 0.15) is 11.4 Å². The first-order chi connectivity index (χ1) is 15.8. The number of fused-ring (bicyclic) bond motifs is 1. The molecule has 9 nitrogen and oxygen atoms in total. The number of nitrogens with zero attached hydrogens (tertiary/aromatic N) is 3. The highest BCUT2D eigenvalue weighted by Crippen LogP contribution is 2.44. The normalized spacial score (nSPS) is 15.7. The molecule has 0 unspecified atom stereocenters. The molecule has 1 saturated carbocycles. The summed E-state index contributed by atoms with van der Waals surface area (Å²) in [7, 11) is 0. The number of carbonyl (C=O) groups is 3. The summed E-state index contributed by atoms with van der Waals surface area (Å²) in [5, 5.41) is 16.6. The second-order valence-corrected chi connectivity index (χ2v) is 9.18. The molecule has 0 atom stereocenters. The number of ketones is 1. The molecule has 2 aliphatic rings. The molecule has 3 N–H and O–H groups in total. The summed E-state index contributed by atoms with van der Waals surface area (Å²) in [6.07, 6.45) is 4.44. The summed E-state index contributed by atoms with van der Waals surface area (Å²) < 4.78 is 1.85. The molecule has 170 valence electrons. The highest BCUT2D eigenvalue weighted by molar-refractivity contribution is 6.44. The summed E-state index contributed by atoms with van der Waals surface area (Å²) >= 11 is 6.12. The Kier molecular flexibility index (Phi) is 5.08. The van der Waals surface area contributed by atoms with E-state index in [0.29, 0.717) is 59.0 Å². The van der Waals surface area contributed by atoms with Gasteiger partial charge in [-0.05, 0) is 68.9 Å². The molecule has 2 amide bonds. The number of anilines is 1. The standard InChI is InChI=1S/C23H23ClN6O3/c1-12-8-14(24)10-15(9-12)26-21(32)19-13(2)18(16-4-3-7-30(16)19)20(31)22(33)27-23(5-6-23)17-11-25-29-28-17/h8-11H,3-7H2,1-2H3,(H,26,32)(H,27,33)(H,25,28,29). The zero-order valence-electron chi connectivity index (χ0n) is 18.3. The molecule has 5 rings (SSSR count). The van der Waals surface area contributed by atoms with Crippen molar-refractivity contribution in [3.8, 4) is 0 Å². The predicted octanol–water partition coefficient (Wildman–Crippen LogP) is 3.06. The van der Waals surface area contributed by atoms with E-state index in [1.807, 2.05) is 17.6 Å². The first-order valence-electron chi connectivity index (χ1n) is 10.8. The monoisotopic (exact) mass is 466 g/mol. The lowest BCUT2D eigenvalue weighted by Gasteiger charge is -2.14. The third-order valence-electron chi connectivity index (χ3n) is 6.37. The van der Waals surface area contributed by atoms with Crippen molar-refractivity contribution in [3.63, 3.8) is 0 Å². The van der Waals surface area contributed by atoms with Crippen LogP contribution in [0.15, 0.2) is 24.4 Å². The van der Waals surface area contributed by atoms with Crippen LogP contribution in [0.2, 0.25) is 5.02 Å². The first-order valence-corrected chi connectivity index (χ1v) is 11.2. The topological polar surface area (TPSA) is 122 Å². The molecule has 2 aromatic heterocycles. The van der Waals surface area contributed by atoms with Crippen LogP contribution in [0.5, 0.6) is 0 Å². The molecule has 3 aromatic rings. The molecule has 1 aliphatic heterocycles. The summed E-state index contributed by atoms with van der Waals surface area (Å²) in [5.41, 5.74) is 3.40. The van der Waals surface area contributed by atoms with Gasteiger partial charge < -0.3 is 15.2 Å². The van der Waals surface area contributed by atoms with Crippen molar-refractivity contribution in [1.82, 2.24) is 25.3 Å². The minimum atomic E-state index is -0.698. The lowest BCUT2D eigenvalue weighted by Crippen LogP contribution is -2.40. The predicted molar refractivity (Wildman–Crippen MR) is 121 cm³/mol. The molecule has 3 heterocycles. The average Bonchev–Trinajstić information content (AvgIpc) is 3.12. The first kappa shape index (κ1) is 21.4. The van der Waals surface area contributed by atoms with E-state index in [1.54, 1.807) is 25.3 Å². The largest absolute Gasteiger partial charge is 0.340 e. The van der Waals surface area contributed by atoms with Crippen molar-refractivity contribution < 1.29 is 14.4 Å². The van der Waals surface area contributed by atoms with E-state index in [2.05, 4.69) is 26.0 Å². The number of nitrogens with one attached hydrogen (secondary N) is 3. The Bertz CT molecular complexity index is 1270. The maximum atomic E-state index is 13.3. The molecule has 0 spiro atoms. The van der Waals surface area contributed by atoms with Gasteiger partial charge in [-0.1, -0.05) is 16.8 Å².